The van der Waals surface area contributed by atoms with Gasteiger partial charge in [0.1, 0.15) is 23.9 Å². The number of allylic oxidation sites excluding steroid dienone is 3. The van der Waals surface area contributed by atoms with E-state index in [1.807, 2.05) is 19.9 Å². The van der Waals surface area contributed by atoms with Crippen molar-refractivity contribution in [3.05, 3.63) is 46.5 Å². The molecule has 1 aromatic carbocycles. The van der Waals surface area contributed by atoms with Crippen LogP contribution in [0.4, 0.5) is 16.2 Å². The van der Waals surface area contributed by atoms with E-state index in [-0.39, 0.29) is 23.8 Å². The van der Waals surface area contributed by atoms with Crippen molar-refractivity contribution < 1.29 is 38.4 Å². The first-order chi connectivity index (χ1) is 20.1. The van der Waals surface area contributed by atoms with Crippen LogP contribution in [-0.4, -0.2) is 73.0 Å². The molecule has 4 bridgehead atoms. The van der Waals surface area contributed by atoms with Gasteiger partial charge in [0.25, 0.3) is 0 Å². The Morgan fingerprint density at radius 3 is 2.65 bits per heavy atom. The number of amides is 2. The van der Waals surface area contributed by atoms with Gasteiger partial charge in [0, 0.05) is 26.5 Å². The van der Waals surface area contributed by atoms with Crippen LogP contribution in [0.1, 0.15) is 53.0 Å². The lowest BCUT2D eigenvalue weighted by Crippen LogP contribution is -2.63. The summed E-state index contributed by atoms with van der Waals surface area (Å²) in [6.07, 6.45) is 1.62. The maximum absolute atomic E-state index is 13.7. The highest BCUT2D eigenvalue weighted by atomic mass is 35.5. The monoisotopic (exact) mass is 619 g/mol. The molecule has 236 valence electrons. The molecule has 2 fully saturated rings. The lowest BCUT2D eigenvalue weighted by atomic mass is 9.83. The molecule has 1 aromatic rings. The largest absolute Gasteiger partial charge is 0.458 e. The normalized spacial score (nSPS) is 35.3. The second-order valence-corrected chi connectivity index (χ2v) is 12.6. The van der Waals surface area contributed by atoms with Crippen molar-refractivity contribution in [1.82, 2.24) is 5.32 Å². The van der Waals surface area contributed by atoms with Crippen molar-refractivity contribution in [2.45, 2.75) is 89.6 Å². The summed E-state index contributed by atoms with van der Waals surface area (Å²) in [6, 6.07) is 3.56. The molecule has 0 unspecified atom stereocenters. The van der Waals surface area contributed by atoms with Gasteiger partial charge >= 0.3 is 12.1 Å². The number of nitrogens with one attached hydrogen (secondary N) is 1. The number of hydrogen-bond donors (Lipinski definition) is 3. The van der Waals surface area contributed by atoms with Gasteiger partial charge in [-0.25, -0.2) is 4.79 Å². The van der Waals surface area contributed by atoms with Crippen LogP contribution in [0.15, 0.2) is 35.9 Å². The second kappa shape index (κ2) is 12.5. The first kappa shape index (κ1) is 32.8. The van der Waals surface area contributed by atoms with Crippen LogP contribution in [0.3, 0.4) is 0 Å². The van der Waals surface area contributed by atoms with Crippen molar-refractivity contribution in [1.29, 1.82) is 0 Å². The molecule has 2 saturated heterocycles. The zero-order valence-electron chi connectivity index (χ0n) is 25.7. The highest BCUT2D eigenvalue weighted by Crippen LogP contribution is 2.49. The second-order valence-electron chi connectivity index (χ2n) is 12.3. The number of carbonyl (C=O) groups excluding carboxylic acids is 3. The Labute approximate surface area is 257 Å². The van der Waals surface area contributed by atoms with E-state index in [0.29, 0.717) is 17.8 Å². The van der Waals surface area contributed by atoms with E-state index in [1.54, 1.807) is 52.1 Å². The number of nitrogens with zero attached hydrogens (tertiary/aromatic N) is 1. The van der Waals surface area contributed by atoms with Crippen LogP contribution in [-0.2, 0) is 35.0 Å². The highest BCUT2D eigenvalue weighted by molar-refractivity contribution is 6.36. The Morgan fingerprint density at radius 1 is 1.30 bits per heavy atom. The first-order valence-electron chi connectivity index (χ1n) is 14.4. The Bertz CT molecular complexity index is 1330. The SMILES string of the molecule is CO[C@@H]1/C=C/C=C(\C)Cc2cc(N)c(Cl)c(c2)N(C)C(=O)C[C@H](OC(=O)C(C)C)[C@]2(C)O[C@H]2[C@H](C)[C@@H]2C[C@@]1(O)NC(=O)O2. The molecule has 7 atom stereocenters. The van der Waals surface area contributed by atoms with Gasteiger partial charge in [-0.3, -0.25) is 14.9 Å². The van der Waals surface area contributed by atoms with Gasteiger partial charge in [0.15, 0.2) is 5.72 Å². The highest BCUT2D eigenvalue weighted by Gasteiger charge is 2.64. The van der Waals surface area contributed by atoms with E-state index in [0.717, 1.165) is 11.1 Å². The maximum Gasteiger partial charge on any atom is 0.409 e. The number of ether oxygens (including phenoxy) is 4. The zero-order chi connectivity index (χ0) is 31.9. The fourth-order valence-electron chi connectivity index (χ4n) is 5.79. The standard InChI is InChI=1S/C31H42ClN3O8/c1-16(2)28(37)42-24-14-25(36)35(6)21-13-19(12-20(33)26(21)32)11-17(3)9-8-10-23(40-7)31(39)15-22(41-29(38)34-31)18(4)27-30(24,5)43-27/h8-10,12-13,16,18,22-24,27,39H,11,14-15,33H2,1-7H3,(H,34,38)/b10-8+,17-9+/t18-,22+,23-,24+,27+,30+,31+/m1/s1. The molecule has 0 saturated carbocycles. The molecular formula is C31H42ClN3O8. The number of fused-ring (bicyclic) bond motifs is 5. The van der Waals surface area contributed by atoms with Gasteiger partial charge in [-0.1, -0.05) is 56.2 Å². The summed E-state index contributed by atoms with van der Waals surface area (Å²) in [5, 5.41) is 14.3. The molecule has 0 aromatic heterocycles. The molecule has 2 amide bonds. The van der Waals surface area contributed by atoms with E-state index in [4.69, 9.17) is 36.3 Å². The van der Waals surface area contributed by atoms with Gasteiger partial charge in [-0.05, 0) is 38.0 Å². The predicted molar refractivity (Wildman–Crippen MR) is 161 cm³/mol. The summed E-state index contributed by atoms with van der Waals surface area (Å²) >= 11 is 6.57. The molecule has 0 spiro atoms. The topological polar surface area (TPSA) is 153 Å². The van der Waals surface area contributed by atoms with Crippen LogP contribution in [0.5, 0.6) is 0 Å². The van der Waals surface area contributed by atoms with Gasteiger partial charge in [-0.15, -0.1) is 0 Å². The molecule has 4 N–H and O–H groups in total. The van der Waals surface area contributed by atoms with Crippen LogP contribution >= 0.6 is 11.6 Å². The summed E-state index contributed by atoms with van der Waals surface area (Å²) in [5.74, 6) is -1.72. The van der Waals surface area contributed by atoms with Crippen molar-refractivity contribution in [3.8, 4) is 0 Å². The lowest BCUT2D eigenvalue weighted by molar-refractivity contribution is -0.157. The molecule has 3 aliphatic rings. The predicted octanol–water partition coefficient (Wildman–Crippen LogP) is 3.90. The minimum atomic E-state index is -1.77. The molecule has 3 aliphatic heterocycles. The average Bonchev–Trinajstić information content (AvgIpc) is 3.62. The number of halogens is 1. The van der Waals surface area contributed by atoms with Gasteiger partial charge in [0.2, 0.25) is 5.91 Å². The summed E-state index contributed by atoms with van der Waals surface area (Å²) in [7, 11) is 3.04. The Kier molecular flexibility index (Phi) is 9.51. The Morgan fingerprint density at radius 2 is 2.00 bits per heavy atom. The quantitative estimate of drug-likeness (QED) is 0.260. The number of esters is 1. The van der Waals surface area contributed by atoms with Crippen LogP contribution in [0.2, 0.25) is 5.02 Å². The number of nitrogens with two attached hydrogens (primary N) is 1. The number of hydrogen-bond acceptors (Lipinski definition) is 9. The van der Waals surface area contributed by atoms with Crippen molar-refractivity contribution in [3.63, 3.8) is 0 Å². The number of anilines is 2. The molecular weight excluding hydrogens is 578 g/mol. The van der Waals surface area contributed by atoms with Crippen LogP contribution < -0.4 is 16.0 Å². The number of epoxide rings is 1. The Balaban J connectivity index is 1.78. The van der Waals surface area contributed by atoms with E-state index >= 15 is 0 Å². The third kappa shape index (κ3) is 6.85. The maximum atomic E-state index is 13.7. The summed E-state index contributed by atoms with van der Waals surface area (Å²) in [5.41, 5.74) is 5.94. The van der Waals surface area contributed by atoms with Crippen LogP contribution in [0, 0.1) is 11.8 Å². The van der Waals surface area contributed by atoms with E-state index in [1.165, 1.54) is 12.0 Å². The smallest absolute Gasteiger partial charge is 0.409 e. The fraction of sp³-hybridized carbons (Fsp3) is 0.581. The summed E-state index contributed by atoms with van der Waals surface area (Å²) in [6.45, 7) is 8.93. The number of alkyl carbamates (subject to hydrolysis) is 1. The van der Waals surface area contributed by atoms with E-state index in [2.05, 4.69) is 5.32 Å². The minimum Gasteiger partial charge on any atom is -0.458 e. The fourth-order valence-corrected chi connectivity index (χ4v) is 6.02. The third-order valence-corrected chi connectivity index (χ3v) is 8.93. The number of rotatable bonds is 3. The first-order valence-corrected chi connectivity index (χ1v) is 14.8. The average molecular weight is 620 g/mol. The minimum absolute atomic E-state index is 0.00309. The number of carbonyl (C=O) groups is 3. The number of methoxy groups -OCH3 is 1. The van der Waals surface area contributed by atoms with Crippen LogP contribution in [0.25, 0.3) is 0 Å². The molecule has 43 heavy (non-hydrogen) atoms. The van der Waals surface area contributed by atoms with Crippen molar-refractivity contribution >= 4 is 40.9 Å². The summed E-state index contributed by atoms with van der Waals surface area (Å²) in [4.78, 5) is 40.5. The molecule has 11 nitrogen and oxygen atoms in total. The van der Waals surface area contributed by atoms with Gasteiger partial charge in [0.05, 0.1) is 34.8 Å². The number of aliphatic hydroxyl groups is 1. The van der Waals surface area contributed by atoms with E-state index in [9.17, 15) is 19.5 Å². The van der Waals surface area contributed by atoms with Gasteiger partial charge in [-0.2, -0.15) is 0 Å². The Hall–Kier alpha value is -3.12. The molecule has 4 rings (SSSR count). The zero-order valence-corrected chi connectivity index (χ0v) is 26.4. The third-order valence-electron chi connectivity index (χ3n) is 8.52. The lowest BCUT2D eigenvalue weighted by Gasteiger charge is -2.42. The molecule has 12 heteroatoms. The molecule has 0 radical (unpaired) electrons. The number of nitrogen functional groups attached to an aromatic ring is 1. The van der Waals surface area contributed by atoms with E-state index < -0.39 is 59.6 Å². The van der Waals surface area contributed by atoms with Gasteiger partial charge < -0.3 is 34.7 Å². The molecule has 0 aliphatic carbocycles. The number of benzene rings is 1. The van der Waals surface area contributed by atoms with Crippen molar-refractivity contribution in [2.24, 2.45) is 11.8 Å². The molecule has 3 heterocycles. The van der Waals surface area contributed by atoms with Crippen molar-refractivity contribution in [2.75, 3.05) is 24.8 Å². The summed E-state index contributed by atoms with van der Waals surface area (Å²) < 4.78 is 23.2.